The molecule has 0 unspecified atom stereocenters. The second-order valence-corrected chi connectivity index (χ2v) is 4.86. The Balaban J connectivity index is 2.04. The molecule has 0 aliphatic carbocycles. The molecule has 0 fully saturated rings. The fourth-order valence-electron chi connectivity index (χ4n) is 1.72. The van der Waals surface area contributed by atoms with Crippen LogP contribution in [0, 0.1) is 0 Å². The summed E-state index contributed by atoms with van der Waals surface area (Å²) in [6.07, 6.45) is 1.58. The Morgan fingerprint density at radius 2 is 2.50 bits per heavy atom. The minimum Gasteiger partial charge on any atom is -0.338 e. The highest BCUT2D eigenvalue weighted by atomic mass is 32.1. The first-order valence-electron chi connectivity index (χ1n) is 4.75. The van der Waals surface area contributed by atoms with Gasteiger partial charge in [-0.3, -0.25) is 4.79 Å². The molecule has 1 aliphatic heterocycles. The van der Waals surface area contributed by atoms with Crippen LogP contribution in [-0.2, 0) is 17.8 Å². The van der Waals surface area contributed by atoms with E-state index in [0.717, 1.165) is 19.5 Å². The molecule has 1 aromatic rings. The van der Waals surface area contributed by atoms with Crippen LogP contribution in [0.25, 0.3) is 0 Å². The number of carbonyl (C=O) groups is 1. The van der Waals surface area contributed by atoms with E-state index in [-0.39, 0.29) is 5.91 Å². The maximum Gasteiger partial charge on any atom is 0.223 e. The molecule has 0 radical (unpaired) electrons. The predicted octanol–water partition coefficient (Wildman–Crippen LogP) is 1.95. The van der Waals surface area contributed by atoms with Crippen LogP contribution in [0.4, 0.5) is 0 Å². The third kappa shape index (κ3) is 1.96. The van der Waals surface area contributed by atoms with E-state index in [1.54, 1.807) is 11.3 Å². The first-order valence-corrected chi connectivity index (χ1v) is 6.26. The van der Waals surface area contributed by atoms with Crippen LogP contribution in [0.15, 0.2) is 11.4 Å². The highest BCUT2D eigenvalue weighted by molar-refractivity contribution is 7.80. The average molecular weight is 227 g/mol. The van der Waals surface area contributed by atoms with E-state index in [0.29, 0.717) is 12.2 Å². The van der Waals surface area contributed by atoms with Crippen molar-refractivity contribution in [2.75, 3.05) is 12.3 Å². The number of hydrogen-bond acceptors (Lipinski definition) is 3. The van der Waals surface area contributed by atoms with Crippen molar-refractivity contribution in [3.05, 3.63) is 21.9 Å². The number of nitrogens with zero attached hydrogens (tertiary/aromatic N) is 1. The van der Waals surface area contributed by atoms with Crippen molar-refractivity contribution in [2.45, 2.75) is 19.4 Å². The minimum atomic E-state index is 0.233. The van der Waals surface area contributed by atoms with Gasteiger partial charge in [0.25, 0.3) is 0 Å². The van der Waals surface area contributed by atoms with E-state index in [9.17, 15) is 4.79 Å². The zero-order valence-electron chi connectivity index (χ0n) is 7.90. The van der Waals surface area contributed by atoms with Crippen molar-refractivity contribution in [1.82, 2.24) is 4.90 Å². The van der Waals surface area contributed by atoms with Crippen LogP contribution >= 0.6 is 24.0 Å². The maximum absolute atomic E-state index is 11.6. The van der Waals surface area contributed by atoms with Crippen molar-refractivity contribution in [1.29, 1.82) is 0 Å². The van der Waals surface area contributed by atoms with Crippen molar-refractivity contribution < 1.29 is 4.79 Å². The van der Waals surface area contributed by atoms with Gasteiger partial charge < -0.3 is 4.90 Å². The molecule has 0 aromatic carbocycles. The van der Waals surface area contributed by atoms with E-state index in [1.165, 1.54) is 10.4 Å². The van der Waals surface area contributed by atoms with E-state index < -0.39 is 0 Å². The van der Waals surface area contributed by atoms with Crippen molar-refractivity contribution in [3.63, 3.8) is 0 Å². The Labute approximate surface area is 93.3 Å². The van der Waals surface area contributed by atoms with Gasteiger partial charge in [0.15, 0.2) is 0 Å². The highest BCUT2D eigenvalue weighted by Gasteiger charge is 2.20. The molecule has 0 saturated heterocycles. The van der Waals surface area contributed by atoms with Gasteiger partial charge in [0.2, 0.25) is 5.91 Å². The van der Waals surface area contributed by atoms with Gasteiger partial charge in [0.1, 0.15) is 0 Å². The van der Waals surface area contributed by atoms with Gasteiger partial charge in [-0.05, 0) is 29.2 Å². The van der Waals surface area contributed by atoms with Crippen LogP contribution < -0.4 is 0 Å². The summed E-state index contributed by atoms with van der Waals surface area (Å²) >= 11 is 5.88. The fraction of sp³-hybridized carbons (Fsp3) is 0.500. The lowest BCUT2D eigenvalue weighted by Crippen LogP contribution is -2.35. The number of rotatable bonds is 2. The van der Waals surface area contributed by atoms with Crippen LogP contribution in [0.5, 0.6) is 0 Å². The standard InChI is InChI=1S/C10H13NOS2/c12-10(2-5-13)11-4-1-9-8(7-11)3-6-14-9/h3,6,13H,1-2,4-5,7H2. The number of thiol groups is 1. The summed E-state index contributed by atoms with van der Waals surface area (Å²) in [4.78, 5) is 15.0. The maximum atomic E-state index is 11.6. The van der Waals surface area contributed by atoms with Gasteiger partial charge >= 0.3 is 0 Å². The summed E-state index contributed by atoms with van der Waals surface area (Å²) in [5.41, 5.74) is 1.33. The molecule has 14 heavy (non-hydrogen) atoms. The number of fused-ring (bicyclic) bond motifs is 1. The zero-order chi connectivity index (χ0) is 9.97. The van der Waals surface area contributed by atoms with Gasteiger partial charge in [-0.25, -0.2) is 0 Å². The average Bonchev–Trinajstić information content (AvgIpc) is 2.64. The van der Waals surface area contributed by atoms with Crippen LogP contribution in [-0.4, -0.2) is 23.1 Å². The first-order chi connectivity index (χ1) is 6.81. The number of amides is 1. The Morgan fingerprint density at radius 3 is 3.29 bits per heavy atom. The molecule has 0 atom stereocenters. The Kier molecular flexibility index (Phi) is 3.13. The summed E-state index contributed by atoms with van der Waals surface area (Å²) < 4.78 is 0. The zero-order valence-corrected chi connectivity index (χ0v) is 9.61. The molecule has 4 heteroatoms. The first kappa shape index (κ1) is 10.1. The molecule has 2 rings (SSSR count). The lowest BCUT2D eigenvalue weighted by Gasteiger charge is -2.26. The molecule has 1 aliphatic rings. The highest BCUT2D eigenvalue weighted by Crippen LogP contribution is 2.24. The number of hydrogen-bond donors (Lipinski definition) is 1. The van der Waals surface area contributed by atoms with Gasteiger partial charge in [0, 0.05) is 24.4 Å². The molecule has 2 heterocycles. The lowest BCUT2D eigenvalue weighted by molar-refractivity contribution is -0.131. The largest absolute Gasteiger partial charge is 0.338 e. The molecule has 0 bridgehead atoms. The third-order valence-electron chi connectivity index (χ3n) is 2.49. The molecular weight excluding hydrogens is 214 g/mol. The van der Waals surface area contributed by atoms with Crippen molar-refractivity contribution in [2.24, 2.45) is 0 Å². The SMILES string of the molecule is O=C(CCS)N1CCc2sccc2C1. The van der Waals surface area contributed by atoms with Gasteiger partial charge in [-0.2, -0.15) is 12.6 Å². The number of carbonyl (C=O) groups excluding carboxylic acids is 1. The summed E-state index contributed by atoms with van der Waals surface area (Å²) in [5, 5.41) is 2.11. The summed E-state index contributed by atoms with van der Waals surface area (Å²) in [5.74, 6) is 0.878. The molecule has 76 valence electrons. The molecule has 2 nitrogen and oxygen atoms in total. The van der Waals surface area contributed by atoms with E-state index in [1.807, 2.05) is 4.90 Å². The van der Waals surface area contributed by atoms with Gasteiger partial charge in [-0.1, -0.05) is 0 Å². The summed E-state index contributed by atoms with van der Waals surface area (Å²) in [6, 6.07) is 2.13. The second kappa shape index (κ2) is 4.36. The number of thiophene rings is 1. The molecule has 1 amide bonds. The molecule has 1 aromatic heterocycles. The Hall–Kier alpha value is -0.480. The Morgan fingerprint density at radius 1 is 1.64 bits per heavy atom. The van der Waals surface area contributed by atoms with E-state index in [4.69, 9.17) is 0 Å². The topological polar surface area (TPSA) is 20.3 Å². The quantitative estimate of drug-likeness (QED) is 0.766. The summed E-state index contributed by atoms with van der Waals surface area (Å²) in [6.45, 7) is 1.67. The van der Waals surface area contributed by atoms with Crippen molar-refractivity contribution >= 4 is 29.9 Å². The van der Waals surface area contributed by atoms with Crippen LogP contribution in [0.2, 0.25) is 0 Å². The molecule has 0 N–H and O–H groups in total. The minimum absolute atomic E-state index is 0.233. The smallest absolute Gasteiger partial charge is 0.223 e. The monoisotopic (exact) mass is 227 g/mol. The predicted molar refractivity (Wildman–Crippen MR) is 61.9 cm³/mol. The third-order valence-corrected chi connectivity index (χ3v) is 3.73. The van der Waals surface area contributed by atoms with Crippen LogP contribution in [0.1, 0.15) is 16.9 Å². The van der Waals surface area contributed by atoms with E-state index in [2.05, 4.69) is 24.1 Å². The second-order valence-electron chi connectivity index (χ2n) is 3.41. The fourth-order valence-corrected chi connectivity index (χ4v) is 2.80. The van der Waals surface area contributed by atoms with Gasteiger partial charge in [-0.15, -0.1) is 11.3 Å². The lowest BCUT2D eigenvalue weighted by atomic mass is 10.1. The summed E-state index contributed by atoms with van der Waals surface area (Å²) in [7, 11) is 0. The molecular formula is C10H13NOS2. The molecule has 0 saturated carbocycles. The normalized spacial score (nSPS) is 15.4. The van der Waals surface area contributed by atoms with Gasteiger partial charge in [0.05, 0.1) is 0 Å². The van der Waals surface area contributed by atoms with E-state index >= 15 is 0 Å². The van der Waals surface area contributed by atoms with Crippen LogP contribution in [0.3, 0.4) is 0 Å². The van der Waals surface area contributed by atoms with Crippen molar-refractivity contribution in [3.8, 4) is 0 Å². The molecule has 0 spiro atoms. The Bertz CT molecular complexity index is 335.